The first-order valence-corrected chi connectivity index (χ1v) is 7.15. The molecule has 0 saturated heterocycles. The molecule has 0 aliphatic carbocycles. The molecule has 0 heterocycles. The van der Waals surface area contributed by atoms with Gasteiger partial charge in [-0.25, -0.2) is 9.18 Å². The van der Waals surface area contributed by atoms with Crippen LogP contribution in [0, 0.1) is 5.82 Å². The Bertz CT molecular complexity index is 659. The molecule has 104 valence electrons. The standard InChI is InChI=1S/C14H9Br2FO3/c15-9-2-4-12(17)8(5-9)7-20-13-6-10(16)1-3-11(13)14(18)19/h1-6H,7H2,(H,18,19). The average Bonchev–Trinajstić information content (AvgIpc) is 2.39. The smallest absolute Gasteiger partial charge is 0.339 e. The number of rotatable bonds is 4. The van der Waals surface area contributed by atoms with Crippen LogP contribution in [0.1, 0.15) is 15.9 Å². The van der Waals surface area contributed by atoms with Crippen molar-refractivity contribution in [2.45, 2.75) is 6.61 Å². The van der Waals surface area contributed by atoms with Crippen molar-refractivity contribution in [1.82, 2.24) is 0 Å². The van der Waals surface area contributed by atoms with Gasteiger partial charge in [-0.2, -0.15) is 0 Å². The lowest BCUT2D eigenvalue weighted by molar-refractivity contribution is 0.0691. The summed E-state index contributed by atoms with van der Waals surface area (Å²) in [6, 6.07) is 9.07. The molecule has 2 aromatic rings. The van der Waals surface area contributed by atoms with Gasteiger partial charge in [0.15, 0.2) is 0 Å². The molecule has 6 heteroatoms. The largest absolute Gasteiger partial charge is 0.488 e. The summed E-state index contributed by atoms with van der Waals surface area (Å²) < 4.78 is 20.4. The van der Waals surface area contributed by atoms with Crippen LogP contribution in [0.3, 0.4) is 0 Å². The van der Waals surface area contributed by atoms with E-state index in [4.69, 9.17) is 9.84 Å². The molecule has 0 amide bonds. The molecule has 0 atom stereocenters. The Kier molecular flexibility index (Phi) is 4.77. The maximum absolute atomic E-state index is 13.6. The van der Waals surface area contributed by atoms with Crippen LogP contribution in [0.2, 0.25) is 0 Å². The Morgan fingerprint density at radius 3 is 2.50 bits per heavy atom. The number of carbonyl (C=O) groups is 1. The van der Waals surface area contributed by atoms with Crippen LogP contribution < -0.4 is 4.74 Å². The first-order valence-electron chi connectivity index (χ1n) is 5.57. The molecule has 0 fully saturated rings. The van der Waals surface area contributed by atoms with E-state index < -0.39 is 11.8 Å². The number of carboxylic acids is 1. The number of ether oxygens (including phenoxy) is 1. The number of hydrogen-bond acceptors (Lipinski definition) is 2. The highest BCUT2D eigenvalue weighted by Crippen LogP contribution is 2.25. The maximum Gasteiger partial charge on any atom is 0.339 e. The van der Waals surface area contributed by atoms with Crippen LogP contribution in [-0.4, -0.2) is 11.1 Å². The first-order chi connectivity index (χ1) is 9.47. The molecule has 0 radical (unpaired) electrons. The Hall–Kier alpha value is -1.40. The van der Waals surface area contributed by atoms with Gasteiger partial charge in [-0.1, -0.05) is 31.9 Å². The van der Waals surface area contributed by atoms with E-state index in [1.807, 2.05) is 0 Å². The summed E-state index contributed by atoms with van der Waals surface area (Å²) in [7, 11) is 0. The Labute approximate surface area is 131 Å². The third-order valence-corrected chi connectivity index (χ3v) is 3.55. The molecule has 1 N–H and O–H groups in total. The number of benzene rings is 2. The molecule has 0 aliphatic heterocycles. The highest BCUT2D eigenvalue weighted by molar-refractivity contribution is 9.10. The minimum absolute atomic E-state index is 0.0311. The Balaban J connectivity index is 2.24. The fraction of sp³-hybridized carbons (Fsp3) is 0.0714. The van der Waals surface area contributed by atoms with Crippen LogP contribution in [-0.2, 0) is 6.61 Å². The molecule has 3 nitrogen and oxygen atoms in total. The van der Waals surface area contributed by atoms with Gasteiger partial charge in [0.25, 0.3) is 0 Å². The van der Waals surface area contributed by atoms with Crippen LogP contribution >= 0.6 is 31.9 Å². The van der Waals surface area contributed by atoms with Gasteiger partial charge in [-0.3, -0.25) is 0 Å². The van der Waals surface area contributed by atoms with E-state index in [2.05, 4.69) is 31.9 Å². The van der Waals surface area contributed by atoms with Crippen molar-refractivity contribution in [3.63, 3.8) is 0 Å². The van der Waals surface area contributed by atoms with Crippen LogP contribution in [0.5, 0.6) is 5.75 Å². The normalized spacial score (nSPS) is 10.3. The van der Waals surface area contributed by atoms with E-state index in [0.717, 1.165) is 4.47 Å². The minimum Gasteiger partial charge on any atom is -0.488 e. The van der Waals surface area contributed by atoms with Gasteiger partial charge in [-0.15, -0.1) is 0 Å². The quantitative estimate of drug-likeness (QED) is 0.809. The second-order valence-electron chi connectivity index (χ2n) is 3.97. The lowest BCUT2D eigenvalue weighted by atomic mass is 10.2. The molecule has 0 saturated carbocycles. The van der Waals surface area contributed by atoms with E-state index in [-0.39, 0.29) is 17.9 Å². The van der Waals surface area contributed by atoms with Crippen molar-refractivity contribution < 1.29 is 19.0 Å². The molecular weight excluding hydrogens is 395 g/mol. The SMILES string of the molecule is O=C(O)c1ccc(Br)cc1OCc1cc(Br)ccc1F. The molecular formula is C14H9Br2FO3. The molecule has 2 rings (SSSR count). The van der Waals surface area contributed by atoms with Crippen LogP contribution in [0.4, 0.5) is 4.39 Å². The van der Waals surface area contributed by atoms with E-state index in [1.165, 1.54) is 12.1 Å². The van der Waals surface area contributed by atoms with Gasteiger partial charge in [-0.05, 0) is 36.4 Å². The van der Waals surface area contributed by atoms with Crippen molar-refractivity contribution in [3.05, 3.63) is 62.3 Å². The minimum atomic E-state index is -1.10. The summed E-state index contributed by atoms with van der Waals surface area (Å²) in [5.74, 6) is -1.31. The average molecular weight is 404 g/mol. The van der Waals surface area contributed by atoms with Crippen molar-refractivity contribution in [2.75, 3.05) is 0 Å². The zero-order valence-electron chi connectivity index (χ0n) is 10.1. The topological polar surface area (TPSA) is 46.5 Å². The molecule has 0 aliphatic rings. The monoisotopic (exact) mass is 402 g/mol. The number of hydrogen-bond donors (Lipinski definition) is 1. The van der Waals surface area contributed by atoms with Crippen LogP contribution in [0.25, 0.3) is 0 Å². The Morgan fingerprint density at radius 2 is 1.80 bits per heavy atom. The van der Waals surface area contributed by atoms with E-state index in [9.17, 15) is 9.18 Å². The number of halogens is 3. The van der Waals surface area contributed by atoms with Crippen molar-refractivity contribution in [3.8, 4) is 5.75 Å². The molecule has 0 aromatic heterocycles. The molecule has 0 unspecified atom stereocenters. The van der Waals surface area contributed by atoms with Gasteiger partial charge < -0.3 is 9.84 Å². The number of carboxylic acid groups (broad SMARTS) is 1. The predicted molar refractivity (Wildman–Crippen MR) is 79.5 cm³/mol. The fourth-order valence-electron chi connectivity index (χ4n) is 1.60. The molecule has 2 aromatic carbocycles. The summed E-state index contributed by atoms with van der Waals surface area (Å²) in [5, 5.41) is 9.08. The fourth-order valence-corrected chi connectivity index (χ4v) is 2.35. The zero-order valence-corrected chi connectivity index (χ0v) is 13.2. The van der Waals surface area contributed by atoms with E-state index >= 15 is 0 Å². The van der Waals surface area contributed by atoms with E-state index in [1.54, 1.807) is 24.3 Å². The van der Waals surface area contributed by atoms with Gasteiger partial charge in [0, 0.05) is 14.5 Å². The van der Waals surface area contributed by atoms with Gasteiger partial charge >= 0.3 is 5.97 Å². The maximum atomic E-state index is 13.6. The van der Waals surface area contributed by atoms with Crippen molar-refractivity contribution in [1.29, 1.82) is 0 Å². The summed E-state index contributed by atoms with van der Waals surface area (Å²) in [6.45, 7) is -0.0536. The van der Waals surface area contributed by atoms with Crippen molar-refractivity contribution >= 4 is 37.8 Å². The summed E-state index contributed by atoms with van der Waals surface area (Å²) in [6.07, 6.45) is 0. The van der Waals surface area contributed by atoms with Gasteiger partial charge in [0.05, 0.1) is 0 Å². The lowest BCUT2D eigenvalue weighted by Gasteiger charge is -2.10. The molecule has 0 spiro atoms. The number of aromatic carboxylic acids is 1. The highest BCUT2D eigenvalue weighted by atomic mass is 79.9. The lowest BCUT2D eigenvalue weighted by Crippen LogP contribution is -2.04. The third-order valence-electron chi connectivity index (χ3n) is 2.57. The Morgan fingerprint density at radius 1 is 1.15 bits per heavy atom. The van der Waals surface area contributed by atoms with E-state index in [0.29, 0.717) is 10.0 Å². The second-order valence-corrected chi connectivity index (χ2v) is 5.80. The highest BCUT2D eigenvalue weighted by Gasteiger charge is 2.13. The third kappa shape index (κ3) is 3.58. The van der Waals surface area contributed by atoms with Gasteiger partial charge in [0.1, 0.15) is 23.7 Å². The zero-order chi connectivity index (χ0) is 14.7. The predicted octanol–water partition coefficient (Wildman–Crippen LogP) is 4.63. The summed E-state index contributed by atoms with van der Waals surface area (Å²) >= 11 is 6.49. The first kappa shape index (κ1) is 15.0. The van der Waals surface area contributed by atoms with Gasteiger partial charge in [0.2, 0.25) is 0 Å². The molecule has 0 bridgehead atoms. The van der Waals surface area contributed by atoms with Crippen molar-refractivity contribution in [2.24, 2.45) is 0 Å². The molecule has 20 heavy (non-hydrogen) atoms. The second kappa shape index (κ2) is 6.37. The summed E-state index contributed by atoms with van der Waals surface area (Å²) in [4.78, 5) is 11.1. The summed E-state index contributed by atoms with van der Waals surface area (Å²) in [5.41, 5.74) is 0.374. The van der Waals surface area contributed by atoms with Crippen LogP contribution in [0.15, 0.2) is 45.3 Å².